The predicted octanol–water partition coefficient (Wildman–Crippen LogP) is 2.19. The molecule has 1 aromatic carbocycles. The first-order chi connectivity index (χ1) is 10.9. The molecule has 0 aromatic heterocycles. The van der Waals surface area contributed by atoms with Gasteiger partial charge in [-0.2, -0.15) is 0 Å². The van der Waals surface area contributed by atoms with Crippen molar-refractivity contribution < 1.29 is 19.1 Å². The fourth-order valence-electron chi connectivity index (χ4n) is 3.00. The highest BCUT2D eigenvalue weighted by Crippen LogP contribution is 2.22. The van der Waals surface area contributed by atoms with Crippen molar-refractivity contribution in [3.8, 4) is 0 Å². The normalized spacial score (nSPS) is 19.7. The molecule has 5 nitrogen and oxygen atoms in total. The molecule has 126 valence electrons. The van der Waals surface area contributed by atoms with E-state index in [0.717, 1.165) is 12.0 Å². The molecule has 0 aliphatic carbocycles. The summed E-state index contributed by atoms with van der Waals surface area (Å²) in [6.45, 7) is 4.64. The molecular weight excluding hydrogens is 299 g/mol. The smallest absolute Gasteiger partial charge is 0.320 e. The third kappa shape index (κ3) is 4.51. The summed E-state index contributed by atoms with van der Waals surface area (Å²) < 4.78 is 13.1. The maximum atomic E-state index is 13.1. The first-order valence-corrected chi connectivity index (χ1v) is 7.90. The summed E-state index contributed by atoms with van der Waals surface area (Å²) >= 11 is 0. The molecule has 0 bridgehead atoms. The van der Waals surface area contributed by atoms with Crippen molar-refractivity contribution in [2.24, 2.45) is 5.92 Å². The Balaban J connectivity index is 2.01. The Labute approximate surface area is 135 Å². The SMILES string of the molecule is CC(C)C(NC(=O)CN1CCC[C@@H]1C(=O)O)c1ccc(F)cc1. The predicted molar refractivity (Wildman–Crippen MR) is 84.4 cm³/mol. The number of carboxylic acids is 1. The number of likely N-dealkylation sites (tertiary alicyclic amines) is 1. The van der Waals surface area contributed by atoms with Crippen molar-refractivity contribution in [3.05, 3.63) is 35.6 Å². The van der Waals surface area contributed by atoms with Gasteiger partial charge in [-0.15, -0.1) is 0 Å². The van der Waals surface area contributed by atoms with Crippen LogP contribution in [0.5, 0.6) is 0 Å². The van der Waals surface area contributed by atoms with Crippen LogP contribution in [0.2, 0.25) is 0 Å². The molecule has 1 aliphatic heterocycles. The number of hydrogen-bond donors (Lipinski definition) is 2. The Hall–Kier alpha value is -1.95. The van der Waals surface area contributed by atoms with Crippen LogP contribution in [0.4, 0.5) is 4.39 Å². The second-order valence-electron chi connectivity index (χ2n) is 6.31. The van der Waals surface area contributed by atoms with Crippen LogP contribution in [-0.4, -0.2) is 41.0 Å². The minimum absolute atomic E-state index is 0.0708. The van der Waals surface area contributed by atoms with Gasteiger partial charge in [-0.25, -0.2) is 4.39 Å². The molecule has 0 saturated carbocycles. The van der Waals surface area contributed by atoms with E-state index in [9.17, 15) is 14.0 Å². The van der Waals surface area contributed by atoms with Gasteiger partial charge < -0.3 is 10.4 Å². The van der Waals surface area contributed by atoms with Crippen molar-refractivity contribution in [2.75, 3.05) is 13.1 Å². The van der Waals surface area contributed by atoms with Crippen LogP contribution < -0.4 is 5.32 Å². The number of benzene rings is 1. The van der Waals surface area contributed by atoms with Crippen LogP contribution in [-0.2, 0) is 9.59 Å². The molecule has 0 spiro atoms. The number of carboxylic acid groups (broad SMARTS) is 1. The zero-order valence-electron chi connectivity index (χ0n) is 13.5. The quantitative estimate of drug-likeness (QED) is 0.842. The van der Waals surface area contributed by atoms with Crippen LogP contribution >= 0.6 is 0 Å². The van der Waals surface area contributed by atoms with E-state index < -0.39 is 12.0 Å². The van der Waals surface area contributed by atoms with E-state index in [0.29, 0.717) is 13.0 Å². The van der Waals surface area contributed by atoms with Gasteiger partial charge in [0.25, 0.3) is 0 Å². The van der Waals surface area contributed by atoms with Gasteiger partial charge in [-0.1, -0.05) is 26.0 Å². The Bertz CT molecular complexity index is 559. The van der Waals surface area contributed by atoms with E-state index in [1.165, 1.54) is 12.1 Å². The van der Waals surface area contributed by atoms with Crippen LogP contribution in [0, 0.1) is 11.7 Å². The number of rotatable bonds is 6. The number of halogens is 1. The Morgan fingerprint density at radius 3 is 2.57 bits per heavy atom. The van der Waals surface area contributed by atoms with Gasteiger partial charge in [0, 0.05) is 0 Å². The molecule has 1 aliphatic rings. The lowest BCUT2D eigenvalue weighted by molar-refractivity contribution is -0.142. The number of carbonyl (C=O) groups is 2. The molecule has 1 heterocycles. The average molecular weight is 322 g/mol. The van der Waals surface area contributed by atoms with Crippen molar-refractivity contribution in [3.63, 3.8) is 0 Å². The summed E-state index contributed by atoms with van der Waals surface area (Å²) in [4.78, 5) is 25.2. The van der Waals surface area contributed by atoms with Crippen molar-refractivity contribution >= 4 is 11.9 Å². The minimum Gasteiger partial charge on any atom is -0.480 e. The summed E-state index contributed by atoms with van der Waals surface area (Å²) in [6, 6.07) is 5.26. The van der Waals surface area contributed by atoms with Gasteiger partial charge in [-0.3, -0.25) is 14.5 Å². The molecule has 1 unspecified atom stereocenters. The zero-order chi connectivity index (χ0) is 17.0. The first kappa shape index (κ1) is 17.4. The van der Waals surface area contributed by atoms with Gasteiger partial charge in [-0.05, 0) is 43.0 Å². The first-order valence-electron chi connectivity index (χ1n) is 7.90. The molecule has 2 rings (SSSR count). The van der Waals surface area contributed by atoms with Crippen LogP contribution in [0.25, 0.3) is 0 Å². The average Bonchev–Trinajstić information content (AvgIpc) is 2.94. The van der Waals surface area contributed by atoms with E-state index in [2.05, 4.69) is 5.32 Å². The Kier molecular flexibility index (Phi) is 5.71. The number of nitrogens with one attached hydrogen (secondary N) is 1. The Morgan fingerprint density at radius 1 is 1.35 bits per heavy atom. The highest BCUT2D eigenvalue weighted by Gasteiger charge is 2.32. The van der Waals surface area contributed by atoms with Crippen molar-refractivity contribution in [1.82, 2.24) is 10.2 Å². The van der Waals surface area contributed by atoms with E-state index in [1.54, 1.807) is 17.0 Å². The van der Waals surface area contributed by atoms with Crippen LogP contribution in [0.3, 0.4) is 0 Å². The van der Waals surface area contributed by atoms with Gasteiger partial charge in [0.15, 0.2) is 0 Å². The monoisotopic (exact) mass is 322 g/mol. The molecule has 1 amide bonds. The number of hydrogen-bond acceptors (Lipinski definition) is 3. The fourth-order valence-corrected chi connectivity index (χ4v) is 3.00. The maximum absolute atomic E-state index is 13.1. The lowest BCUT2D eigenvalue weighted by Gasteiger charge is -2.26. The molecule has 2 N–H and O–H groups in total. The number of carbonyl (C=O) groups excluding carboxylic acids is 1. The Morgan fingerprint density at radius 2 is 2.00 bits per heavy atom. The second-order valence-corrected chi connectivity index (χ2v) is 6.31. The third-order valence-corrected chi connectivity index (χ3v) is 4.21. The summed E-state index contributed by atoms with van der Waals surface area (Å²) in [5, 5.41) is 12.1. The highest BCUT2D eigenvalue weighted by molar-refractivity contribution is 5.80. The second kappa shape index (κ2) is 7.55. The zero-order valence-corrected chi connectivity index (χ0v) is 13.5. The summed E-state index contributed by atoms with van der Waals surface area (Å²) in [5.74, 6) is -1.27. The van der Waals surface area contributed by atoms with Crippen molar-refractivity contribution in [1.29, 1.82) is 0 Å². The summed E-state index contributed by atoms with van der Waals surface area (Å²) in [6.07, 6.45) is 1.37. The van der Waals surface area contributed by atoms with Gasteiger partial charge in [0.05, 0.1) is 12.6 Å². The number of nitrogens with zero attached hydrogens (tertiary/aromatic N) is 1. The van der Waals surface area contributed by atoms with Gasteiger partial charge in [0.1, 0.15) is 11.9 Å². The standard InChI is InChI=1S/C17H23FN2O3/c1-11(2)16(12-5-7-13(18)8-6-12)19-15(21)10-20-9-3-4-14(20)17(22)23/h5-8,11,14,16H,3-4,9-10H2,1-2H3,(H,19,21)(H,22,23)/t14-,16?/m1/s1. The van der Waals surface area contributed by atoms with E-state index in [4.69, 9.17) is 5.11 Å². The minimum atomic E-state index is -0.880. The molecule has 23 heavy (non-hydrogen) atoms. The van der Waals surface area contributed by atoms with E-state index >= 15 is 0 Å². The highest BCUT2D eigenvalue weighted by atomic mass is 19.1. The number of amides is 1. The van der Waals surface area contributed by atoms with Crippen LogP contribution in [0.15, 0.2) is 24.3 Å². The fraction of sp³-hybridized carbons (Fsp3) is 0.529. The molecular formula is C17H23FN2O3. The summed E-state index contributed by atoms with van der Waals surface area (Å²) in [5.41, 5.74) is 0.839. The molecule has 6 heteroatoms. The van der Waals surface area contributed by atoms with Crippen LogP contribution in [0.1, 0.15) is 38.3 Å². The van der Waals surface area contributed by atoms with Gasteiger partial charge >= 0.3 is 5.97 Å². The van der Waals surface area contributed by atoms with Crippen molar-refractivity contribution in [2.45, 2.75) is 38.8 Å². The molecule has 2 atom stereocenters. The largest absolute Gasteiger partial charge is 0.480 e. The van der Waals surface area contributed by atoms with E-state index in [1.807, 2.05) is 13.8 Å². The number of aliphatic carboxylic acids is 1. The maximum Gasteiger partial charge on any atom is 0.320 e. The van der Waals surface area contributed by atoms with Gasteiger partial charge in [0.2, 0.25) is 5.91 Å². The molecule has 1 aromatic rings. The lowest BCUT2D eigenvalue weighted by atomic mass is 9.96. The lowest BCUT2D eigenvalue weighted by Crippen LogP contribution is -2.44. The molecule has 1 fully saturated rings. The molecule has 1 saturated heterocycles. The summed E-state index contributed by atoms with van der Waals surface area (Å²) in [7, 11) is 0. The molecule has 0 radical (unpaired) electrons. The topological polar surface area (TPSA) is 69.6 Å². The van der Waals surface area contributed by atoms with E-state index in [-0.39, 0.29) is 30.2 Å². The third-order valence-electron chi connectivity index (χ3n) is 4.21.